The Kier molecular flexibility index (Phi) is 2.35. The smallest absolute Gasteiger partial charge is 0.251 e. The largest absolute Gasteiger partial charge is 0.433 e. The van der Waals surface area contributed by atoms with Gasteiger partial charge < -0.3 is 0 Å². The maximum absolute atomic E-state index is 12.0. The lowest BCUT2D eigenvalue weighted by Crippen LogP contribution is -2.07. The van der Waals surface area contributed by atoms with Gasteiger partial charge in [0.25, 0.3) is 0 Å². The fraction of sp³-hybridized carbons (Fsp3) is 0.250. The Hall–Kier alpha value is -1.06. The second-order valence-corrected chi connectivity index (χ2v) is 2.26. The Morgan fingerprint density at radius 2 is 2.00 bits per heavy atom. The van der Waals surface area contributed by atoms with E-state index in [1.54, 1.807) is 13.3 Å². The van der Waals surface area contributed by atoms with Crippen LogP contribution in [0.25, 0.3) is 0 Å². The zero-order valence-electron chi connectivity index (χ0n) is 6.39. The van der Waals surface area contributed by atoms with Crippen molar-refractivity contribution in [2.75, 3.05) is 0 Å². The molecule has 0 bridgehead atoms. The zero-order valence-corrected chi connectivity index (χ0v) is 6.39. The van der Waals surface area contributed by atoms with Crippen molar-refractivity contribution in [1.29, 1.82) is 0 Å². The van der Waals surface area contributed by atoms with Gasteiger partial charge in [0.15, 0.2) is 0 Å². The van der Waals surface area contributed by atoms with E-state index in [2.05, 4.69) is 4.98 Å². The Labute approximate surface area is 68.2 Å². The first-order chi connectivity index (χ1) is 5.54. The first-order valence-corrected chi connectivity index (χ1v) is 3.36. The Morgan fingerprint density at radius 1 is 1.33 bits per heavy atom. The minimum Gasteiger partial charge on any atom is -0.251 e. The lowest BCUT2D eigenvalue weighted by Gasteiger charge is -2.04. The van der Waals surface area contributed by atoms with Gasteiger partial charge >= 0.3 is 6.18 Å². The predicted octanol–water partition coefficient (Wildman–Crippen LogP) is 2.67. The molecule has 0 spiro atoms. The van der Waals surface area contributed by atoms with Gasteiger partial charge in [-0.25, -0.2) is 0 Å². The molecule has 0 saturated heterocycles. The number of halogens is 3. The third kappa shape index (κ3) is 1.96. The van der Waals surface area contributed by atoms with Gasteiger partial charge in [0, 0.05) is 6.20 Å². The molecule has 1 rings (SSSR count). The minimum absolute atomic E-state index is 0.683. The molecule has 0 unspecified atom stereocenters. The summed E-state index contributed by atoms with van der Waals surface area (Å²) < 4.78 is 35.9. The Balaban J connectivity index is 2.93. The molecular formula is C8H7F3N. The third-order valence-corrected chi connectivity index (χ3v) is 1.41. The number of hydrogen-bond donors (Lipinski definition) is 0. The van der Waals surface area contributed by atoms with Gasteiger partial charge in [0.1, 0.15) is 5.69 Å². The monoisotopic (exact) mass is 174 g/mol. The molecule has 0 N–H and O–H groups in total. The molecule has 0 aliphatic heterocycles. The summed E-state index contributed by atoms with van der Waals surface area (Å²) >= 11 is 0. The van der Waals surface area contributed by atoms with Crippen LogP contribution in [0, 0.1) is 6.42 Å². The lowest BCUT2D eigenvalue weighted by atomic mass is 10.2. The van der Waals surface area contributed by atoms with Crippen LogP contribution in [-0.2, 0) is 6.18 Å². The molecule has 1 aromatic rings. The summed E-state index contributed by atoms with van der Waals surface area (Å²) in [4.78, 5) is 3.26. The van der Waals surface area contributed by atoms with Gasteiger partial charge in [-0.05, 0) is 18.1 Å². The van der Waals surface area contributed by atoms with Gasteiger partial charge in [-0.3, -0.25) is 4.98 Å². The summed E-state index contributed by atoms with van der Waals surface area (Å²) in [6.45, 7) is 1.74. The van der Waals surface area contributed by atoms with E-state index in [9.17, 15) is 13.2 Å². The van der Waals surface area contributed by atoms with Gasteiger partial charge in [-0.2, -0.15) is 13.2 Å². The van der Waals surface area contributed by atoms with E-state index >= 15 is 0 Å². The molecule has 1 nitrogen and oxygen atoms in total. The summed E-state index contributed by atoms with van der Waals surface area (Å²) in [6, 6.07) is 2.35. The van der Waals surface area contributed by atoms with Crippen LogP contribution in [0.4, 0.5) is 13.2 Å². The molecule has 1 aromatic heterocycles. The van der Waals surface area contributed by atoms with E-state index in [0.717, 1.165) is 6.07 Å². The van der Waals surface area contributed by atoms with Gasteiger partial charge in [0.2, 0.25) is 0 Å². The highest BCUT2D eigenvalue weighted by Gasteiger charge is 2.31. The molecule has 0 amide bonds. The molecule has 1 radical (unpaired) electrons. The highest BCUT2D eigenvalue weighted by Crippen LogP contribution is 2.27. The molecule has 0 atom stereocenters. The molecule has 0 aliphatic carbocycles. The fourth-order valence-electron chi connectivity index (χ4n) is 0.744. The summed E-state index contributed by atoms with van der Waals surface area (Å²) in [5.41, 5.74) is -0.170. The summed E-state index contributed by atoms with van der Waals surface area (Å²) in [6.07, 6.45) is -1.46. The molecular weight excluding hydrogens is 167 g/mol. The van der Waals surface area contributed by atoms with Crippen molar-refractivity contribution in [3.05, 3.63) is 36.0 Å². The predicted molar refractivity (Wildman–Crippen MR) is 38.3 cm³/mol. The van der Waals surface area contributed by atoms with Crippen LogP contribution in [0.5, 0.6) is 0 Å². The SMILES string of the molecule is C[CH]c1ccc(C(F)(F)F)nc1. The first-order valence-electron chi connectivity index (χ1n) is 3.36. The number of hydrogen-bond acceptors (Lipinski definition) is 1. The maximum atomic E-state index is 12.0. The topological polar surface area (TPSA) is 12.9 Å². The number of pyridine rings is 1. The van der Waals surface area contributed by atoms with Crippen LogP contribution >= 0.6 is 0 Å². The second kappa shape index (κ2) is 3.13. The molecule has 1 heterocycles. The lowest BCUT2D eigenvalue weighted by molar-refractivity contribution is -0.141. The highest BCUT2D eigenvalue weighted by atomic mass is 19.4. The van der Waals surface area contributed by atoms with Crippen LogP contribution in [0.15, 0.2) is 18.3 Å². The average molecular weight is 174 g/mol. The van der Waals surface area contributed by atoms with Crippen molar-refractivity contribution in [1.82, 2.24) is 4.98 Å². The fourth-order valence-corrected chi connectivity index (χ4v) is 0.744. The number of aromatic nitrogens is 1. The summed E-state index contributed by atoms with van der Waals surface area (Å²) in [5.74, 6) is 0. The highest BCUT2D eigenvalue weighted by molar-refractivity contribution is 5.21. The molecule has 12 heavy (non-hydrogen) atoms. The van der Waals surface area contributed by atoms with Crippen LogP contribution < -0.4 is 0 Å². The molecule has 0 aliphatic rings. The number of alkyl halides is 3. The normalized spacial score (nSPS) is 11.7. The van der Waals surface area contributed by atoms with E-state index in [0.29, 0.717) is 5.56 Å². The zero-order chi connectivity index (χ0) is 9.19. The first kappa shape index (κ1) is 9.03. The molecule has 0 aromatic carbocycles. The van der Waals surface area contributed by atoms with Crippen LogP contribution in [0.3, 0.4) is 0 Å². The maximum Gasteiger partial charge on any atom is 0.433 e. The van der Waals surface area contributed by atoms with E-state index in [1.807, 2.05) is 0 Å². The minimum atomic E-state index is -4.34. The van der Waals surface area contributed by atoms with E-state index in [-0.39, 0.29) is 0 Å². The second-order valence-electron chi connectivity index (χ2n) is 2.26. The van der Waals surface area contributed by atoms with E-state index in [1.165, 1.54) is 12.3 Å². The number of rotatable bonds is 1. The average Bonchev–Trinajstić information content (AvgIpc) is 2.03. The summed E-state index contributed by atoms with van der Waals surface area (Å²) in [5, 5.41) is 0. The van der Waals surface area contributed by atoms with Crippen LogP contribution in [0.2, 0.25) is 0 Å². The van der Waals surface area contributed by atoms with Gasteiger partial charge in [0.05, 0.1) is 0 Å². The summed E-state index contributed by atoms with van der Waals surface area (Å²) in [7, 11) is 0. The third-order valence-electron chi connectivity index (χ3n) is 1.41. The van der Waals surface area contributed by atoms with Crippen molar-refractivity contribution >= 4 is 0 Å². The Morgan fingerprint density at radius 3 is 2.33 bits per heavy atom. The Bertz CT molecular complexity index is 250. The molecule has 0 saturated carbocycles. The standard InChI is InChI=1S/C8H7F3N/c1-2-6-3-4-7(12-5-6)8(9,10)11/h2-5H,1H3. The molecule has 0 fully saturated rings. The molecule has 4 heteroatoms. The number of nitrogens with zero attached hydrogens (tertiary/aromatic N) is 1. The van der Waals surface area contributed by atoms with Gasteiger partial charge in [-0.1, -0.05) is 13.0 Å². The van der Waals surface area contributed by atoms with E-state index < -0.39 is 11.9 Å². The van der Waals surface area contributed by atoms with Gasteiger partial charge in [-0.15, -0.1) is 0 Å². The van der Waals surface area contributed by atoms with Crippen molar-refractivity contribution in [2.45, 2.75) is 13.1 Å². The van der Waals surface area contributed by atoms with Crippen LogP contribution in [-0.4, -0.2) is 4.98 Å². The molecule has 65 valence electrons. The van der Waals surface area contributed by atoms with Crippen molar-refractivity contribution in [3.8, 4) is 0 Å². The van der Waals surface area contributed by atoms with E-state index in [4.69, 9.17) is 0 Å². The van der Waals surface area contributed by atoms with Crippen molar-refractivity contribution in [3.63, 3.8) is 0 Å². The van der Waals surface area contributed by atoms with Crippen molar-refractivity contribution in [2.24, 2.45) is 0 Å². The van der Waals surface area contributed by atoms with Crippen molar-refractivity contribution < 1.29 is 13.2 Å². The quantitative estimate of drug-likeness (QED) is 0.637. The van der Waals surface area contributed by atoms with Crippen LogP contribution in [0.1, 0.15) is 18.2 Å².